The SMILES string of the molecule is O=[S@@](c1cccc(COCCO)c1)C1CCCC1. The van der Waals surface area contributed by atoms with E-state index in [4.69, 9.17) is 9.84 Å². The molecule has 1 aromatic carbocycles. The van der Waals surface area contributed by atoms with E-state index in [2.05, 4.69) is 0 Å². The van der Waals surface area contributed by atoms with Gasteiger partial charge in [0.1, 0.15) is 0 Å². The first kappa shape index (κ1) is 13.7. The Morgan fingerprint density at radius 2 is 2.11 bits per heavy atom. The lowest BCUT2D eigenvalue weighted by atomic mass is 10.2. The molecule has 1 atom stereocenters. The van der Waals surface area contributed by atoms with E-state index >= 15 is 0 Å². The van der Waals surface area contributed by atoms with Crippen LogP contribution in [0.1, 0.15) is 31.2 Å². The first-order valence-corrected chi connectivity index (χ1v) is 7.70. The lowest BCUT2D eigenvalue weighted by Crippen LogP contribution is -2.10. The fourth-order valence-corrected chi connectivity index (χ4v) is 3.94. The Balaban J connectivity index is 1.99. The van der Waals surface area contributed by atoms with Crippen molar-refractivity contribution < 1.29 is 14.1 Å². The van der Waals surface area contributed by atoms with Crippen molar-refractivity contribution in [3.63, 3.8) is 0 Å². The normalized spacial score (nSPS) is 18.1. The fraction of sp³-hybridized carbons (Fsp3) is 0.571. The predicted molar refractivity (Wildman–Crippen MR) is 71.8 cm³/mol. The van der Waals surface area contributed by atoms with Gasteiger partial charge in [0.25, 0.3) is 0 Å². The molecule has 4 heteroatoms. The molecular formula is C14H20O3S. The molecule has 0 unspecified atom stereocenters. The zero-order valence-corrected chi connectivity index (χ0v) is 11.3. The molecule has 1 N–H and O–H groups in total. The van der Waals surface area contributed by atoms with Crippen molar-refractivity contribution in [1.82, 2.24) is 0 Å². The molecule has 1 aliphatic carbocycles. The van der Waals surface area contributed by atoms with Crippen molar-refractivity contribution in [3.05, 3.63) is 29.8 Å². The molecule has 3 nitrogen and oxygen atoms in total. The number of hydrogen-bond acceptors (Lipinski definition) is 3. The Morgan fingerprint density at radius 1 is 1.33 bits per heavy atom. The average Bonchev–Trinajstić information content (AvgIpc) is 2.92. The molecule has 100 valence electrons. The van der Waals surface area contributed by atoms with Crippen LogP contribution in [-0.4, -0.2) is 27.8 Å². The highest BCUT2D eigenvalue weighted by atomic mass is 32.2. The standard InChI is InChI=1S/C14H20O3S/c15-8-9-17-11-12-4-3-7-14(10-12)18(16)13-5-1-2-6-13/h3-4,7,10,13,15H,1-2,5-6,8-9,11H2/t18-/m1/s1. The Hall–Kier alpha value is -0.710. The summed E-state index contributed by atoms with van der Waals surface area (Å²) in [5.74, 6) is 0. The maximum atomic E-state index is 12.4. The van der Waals surface area contributed by atoms with Gasteiger partial charge in [-0.2, -0.15) is 0 Å². The maximum Gasteiger partial charge on any atom is 0.0718 e. The Kier molecular flexibility index (Phi) is 5.35. The minimum atomic E-state index is -0.881. The minimum absolute atomic E-state index is 0.0354. The van der Waals surface area contributed by atoms with E-state index in [1.165, 1.54) is 12.8 Å². The summed E-state index contributed by atoms with van der Waals surface area (Å²) in [4.78, 5) is 0.909. The minimum Gasteiger partial charge on any atom is -0.394 e. The highest BCUT2D eigenvalue weighted by Gasteiger charge is 2.22. The van der Waals surface area contributed by atoms with Crippen LogP contribution in [0.3, 0.4) is 0 Å². The van der Waals surface area contributed by atoms with E-state index in [-0.39, 0.29) is 6.61 Å². The quantitative estimate of drug-likeness (QED) is 0.805. The lowest BCUT2D eigenvalue weighted by molar-refractivity contribution is 0.0814. The van der Waals surface area contributed by atoms with Crippen molar-refractivity contribution in [1.29, 1.82) is 0 Å². The van der Waals surface area contributed by atoms with Gasteiger partial charge < -0.3 is 9.84 Å². The van der Waals surface area contributed by atoms with Crippen LogP contribution in [0.15, 0.2) is 29.2 Å². The topological polar surface area (TPSA) is 46.5 Å². The van der Waals surface area contributed by atoms with Gasteiger partial charge in [-0.15, -0.1) is 0 Å². The van der Waals surface area contributed by atoms with Crippen LogP contribution < -0.4 is 0 Å². The summed E-state index contributed by atoms with van der Waals surface area (Å²) in [6, 6.07) is 7.79. The summed E-state index contributed by atoms with van der Waals surface area (Å²) in [7, 11) is -0.881. The van der Waals surface area contributed by atoms with Crippen LogP contribution in [0.4, 0.5) is 0 Å². The average molecular weight is 268 g/mol. The second kappa shape index (κ2) is 7.02. The third-order valence-electron chi connectivity index (χ3n) is 3.24. The molecule has 0 aliphatic heterocycles. The van der Waals surface area contributed by atoms with E-state index in [0.717, 1.165) is 23.3 Å². The number of aliphatic hydroxyl groups excluding tert-OH is 1. The first-order chi connectivity index (χ1) is 8.81. The van der Waals surface area contributed by atoms with E-state index in [1.54, 1.807) is 0 Å². The van der Waals surface area contributed by atoms with Crippen molar-refractivity contribution in [2.75, 3.05) is 13.2 Å². The Bertz CT molecular complexity index is 400. The smallest absolute Gasteiger partial charge is 0.0718 e. The van der Waals surface area contributed by atoms with Gasteiger partial charge in [0.2, 0.25) is 0 Å². The lowest BCUT2D eigenvalue weighted by Gasteiger charge is -2.10. The zero-order valence-electron chi connectivity index (χ0n) is 10.5. The largest absolute Gasteiger partial charge is 0.394 e. The van der Waals surface area contributed by atoms with Crippen molar-refractivity contribution in [2.24, 2.45) is 0 Å². The van der Waals surface area contributed by atoms with Gasteiger partial charge in [0.05, 0.1) is 30.6 Å². The van der Waals surface area contributed by atoms with Crippen molar-refractivity contribution in [3.8, 4) is 0 Å². The van der Waals surface area contributed by atoms with Crippen LogP contribution in [0.2, 0.25) is 0 Å². The Morgan fingerprint density at radius 3 is 2.83 bits per heavy atom. The third-order valence-corrected chi connectivity index (χ3v) is 5.04. The van der Waals surface area contributed by atoms with Gasteiger partial charge >= 0.3 is 0 Å². The summed E-state index contributed by atoms with van der Waals surface area (Å²) in [6.45, 7) is 0.847. The van der Waals surface area contributed by atoms with Gasteiger partial charge in [-0.1, -0.05) is 25.0 Å². The molecule has 0 heterocycles. The summed E-state index contributed by atoms with van der Waals surface area (Å²) < 4.78 is 17.6. The van der Waals surface area contributed by atoms with Gasteiger partial charge in [-0.3, -0.25) is 4.21 Å². The monoisotopic (exact) mass is 268 g/mol. The van der Waals surface area contributed by atoms with E-state index in [0.29, 0.717) is 18.5 Å². The number of aliphatic hydroxyl groups is 1. The summed E-state index contributed by atoms with van der Waals surface area (Å²) in [6.07, 6.45) is 4.57. The van der Waals surface area contributed by atoms with Crippen molar-refractivity contribution in [2.45, 2.75) is 42.4 Å². The molecule has 0 bridgehead atoms. The van der Waals surface area contributed by atoms with Gasteiger partial charge in [0, 0.05) is 10.1 Å². The molecule has 1 aromatic rings. The summed E-state index contributed by atoms with van der Waals surface area (Å²) in [5.41, 5.74) is 1.02. The van der Waals surface area contributed by atoms with Crippen LogP contribution in [0.5, 0.6) is 0 Å². The molecule has 18 heavy (non-hydrogen) atoms. The van der Waals surface area contributed by atoms with Gasteiger partial charge in [0.15, 0.2) is 0 Å². The predicted octanol–water partition coefficient (Wildman–Crippen LogP) is 2.25. The molecule has 0 radical (unpaired) electrons. The van der Waals surface area contributed by atoms with Crippen molar-refractivity contribution >= 4 is 10.8 Å². The third kappa shape index (κ3) is 3.64. The molecule has 1 fully saturated rings. The molecular weight excluding hydrogens is 248 g/mol. The molecule has 0 aromatic heterocycles. The first-order valence-electron chi connectivity index (χ1n) is 6.49. The molecule has 0 amide bonds. The molecule has 0 saturated heterocycles. The van der Waals surface area contributed by atoms with Gasteiger partial charge in [-0.25, -0.2) is 0 Å². The second-order valence-corrected chi connectivity index (χ2v) is 6.36. The van der Waals surface area contributed by atoms with Crippen LogP contribution >= 0.6 is 0 Å². The number of rotatable bonds is 6. The molecule has 1 saturated carbocycles. The van der Waals surface area contributed by atoms with Gasteiger partial charge in [-0.05, 0) is 30.5 Å². The van der Waals surface area contributed by atoms with Crippen LogP contribution in [0.25, 0.3) is 0 Å². The molecule has 1 aliphatic rings. The molecule has 0 spiro atoms. The Labute approximate surface area is 111 Å². The second-order valence-electron chi connectivity index (χ2n) is 4.63. The van der Waals surface area contributed by atoms with Crippen LogP contribution in [0, 0.1) is 0 Å². The number of benzene rings is 1. The van der Waals surface area contributed by atoms with E-state index in [9.17, 15) is 4.21 Å². The summed E-state index contributed by atoms with van der Waals surface area (Å²) >= 11 is 0. The van der Waals surface area contributed by atoms with Crippen LogP contribution in [-0.2, 0) is 22.1 Å². The number of ether oxygens (including phenoxy) is 1. The fourth-order valence-electron chi connectivity index (χ4n) is 2.31. The number of hydrogen-bond donors (Lipinski definition) is 1. The maximum absolute atomic E-state index is 12.4. The van der Waals surface area contributed by atoms with E-state index in [1.807, 2.05) is 24.3 Å². The highest BCUT2D eigenvalue weighted by molar-refractivity contribution is 7.85. The van der Waals surface area contributed by atoms with E-state index < -0.39 is 10.8 Å². The summed E-state index contributed by atoms with van der Waals surface area (Å²) in [5, 5.41) is 8.99. The molecule has 2 rings (SSSR count). The highest BCUT2D eigenvalue weighted by Crippen LogP contribution is 2.27. The zero-order chi connectivity index (χ0) is 12.8.